The lowest BCUT2D eigenvalue weighted by molar-refractivity contribution is -0.117. The number of benzene rings is 1. The Kier molecular flexibility index (Phi) is 5.40. The third kappa shape index (κ3) is 4.57. The van der Waals surface area contributed by atoms with Crippen molar-refractivity contribution in [1.29, 1.82) is 0 Å². The van der Waals surface area contributed by atoms with E-state index in [1.165, 1.54) is 0 Å². The molecule has 6 heteroatoms. The van der Waals surface area contributed by atoms with Gasteiger partial charge in [-0.25, -0.2) is 4.68 Å². The topological polar surface area (TPSA) is 76.2 Å². The van der Waals surface area contributed by atoms with Gasteiger partial charge in [0.05, 0.1) is 17.9 Å². The molecule has 0 spiro atoms. The molecule has 1 aromatic carbocycles. The molecule has 1 unspecified atom stereocenters. The molecule has 3 rings (SSSR count). The van der Waals surface area contributed by atoms with Crippen molar-refractivity contribution in [2.45, 2.75) is 39.5 Å². The molecule has 1 aromatic heterocycles. The molecule has 1 aliphatic rings. The summed E-state index contributed by atoms with van der Waals surface area (Å²) in [6, 6.07) is 11.9. The second-order valence-corrected chi connectivity index (χ2v) is 8.94. The molecule has 1 saturated heterocycles. The molecule has 146 valence electrons. The largest absolute Gasteiger partial charge is 0.330 e. The maximum atomic E-state index is 12.7. The maximum Gasteiger partial charge on any atom is 0.239 e. The first-order valence-corrected chi connectivity index (χ1v) is 9.58. The van der Waals surface area contributed by atoms with Gasteiger partial charge in [0.15, 0.2) is 0 Å². The van der Waals surface area contributed by atoms with E-state index in [-0.39, 0.29) is 16.7 Å². The molecule has 6 nitrogen and oxygen atoms in total. The smallest absolute Gasteiger partial charge is 0.239 e. The first kappa shape index (κ1) is 19.6. The number of amides is 1. The van der Waals surface area contributed by atoms with Gasteiger partial charge in [-0.2, -0.15) is 5.10 Å². The van der Waals surface area contributed by atoms with Crippen LogP contribution in [0.1, 0.15) is 39.8 Å². The number of anilines is 1. The van der Waals surface area contributed by atoms with Crippen LogP contribution in [0.25, 0.3) is 5.69 Å². The zero-order valence-corrected chi connectivity index (χ0v) is 16.8. The summed E-state index contributed by atoms with van der Waals surface area (Å²) in [6.45, 7) is 11.3. The standard InChI is InChI=1S/C21H31N5O/c1-20(2,3)17-12-18(26(24-17)16-8-6-5-7-9-16)23-19(27)13-25-11-10-21(4,14-22)15-25/h5-9,12H,10-11,13-15,22H2,1-4H3,(H,23,27). The lowest BCUT2D eigenvalue weighted by atomic mass is 9.90. The fourth-order valence-electron chi connectivity index (χ4n) is 3.42. The van der Waals surface area contributed by atoms with Gasteiger partial charge in [-0.1, -0.05) is 45.9 Å². The number of para-hydroxylation sites is 1. The Morgan fingerprint density at radius 2 is 2.00 bits per heavy atom. The number of hydrogen-bond donors (Lipinski definition) is 2. The molecule has 1 fully saturated rings. The lowest BCUT2D eigenvalue weighted by Crippen LogP contribution is -2.35. The van der Waals surface area contributed by atoms with E-state index in [4.69, 9.17) is 10.8 Å². The van der Waals surface area contributed by atoms with Gasteiger partial charge < -0.3 is 11.1 Å². The quantitative estimate of drug-likeness (QED) is 0.850. The number of likely N-dealkylation sites (tertiary alicyclic amines) is 1. The van der Waals surface area contributed by atoms with Crippen LogP contribution in [0.5, 0.6) is 0 Å². The Labute approximate surface area is 161 Å². The number of carbonyl (C=O) groups excluding carboxylic acids is 1. The maximum absolute atomic E-state index is 12.7. The van der Waals surface area contributed by atoms with Crippen LogP contribution in [-0.2, 0) is 10.2 Å². The normalized spacial score (nSPS) is 20.8. The monoisotopic (exact) mass is 369 g/mol. The summed E-state index contributed by atoms with van der Waals surface area (Å²) in [7, 11) is 0. The van der Waals surface area contributed by atoms with Crippen LogP contribution >= 0.6 is 0 Å². The van der Waals surface area contributed by atoms with Crippen molar-refractivity contribution in [2.24, 2.45) is 11.1 Å². The minimum absolute atomic E-state index is 0.0196. The number of aromatic nitrogens is 2. The molecular formula is C21H31N5O. The lowest BCUT2D eigenvalue weighted by Gasteiger charge is -2.22. The fourth-order valence-corrected chi connectivity index (χ4v) is 3.42. The summed E-state index contributed by atoms with van der Waals surface area (Å²) >= 11 is 0. The number of carbonyl (C=O) groups is 1. The van der Waals surface area contributed by atoms with Gasteiger partial charge in [-0.15, -0.1) is 0 Å². The average molecular weight is 370 g/mol. The Bertz CT molecular complexity index is 793. The molecule has 1 aliphatic heterocycles. The number of nitrogens with one attached hydrogen (secondary N) is 1. The molecule has 0 radical (unpaired) electrons. The van der Waals surface area contributed by atoms with Crippen molar-refractivity contribution in [2.75, 3.05) is 31.5 Å². The highest BCUT2D eigenvalue weighted by Gasteiger charge is 2.33. The Balaban J connectivity index is 1.77. The third-order valence-corrected chi connectivity index (χ3v) is 5.24. The van der Waals surface area contributed by atoms with Gasteiger partial charge in [-0.3, -0.25) is 9.69 Å². The molecule has 0 saturated carbocycles. The van der Waals surface area contributed by atoms with E-state index in [1.54, 1.807) is 0 Å². The zero-order valence-electron chi connectivity index (χ0n) is 16.8. The number of rotatable bonds is 5. The summed E-state index contributed by atoms with van der Waals surface area (Å²) in [5.74, 6) is 0.686. The second kappa shape index (κ2) is 7.44. The van der Waals surface area contributed by atoms with Gasteiger partial charge in [0.1, 0.15) is 5.82 Å². The first-order valence-electron chi connectivity index (χ1n) is 9.58. The van der Waals surface area contributed by atoms with Crippen molar-refractivity contribution in [3.8, 4) is 5.69 Å². The Morgan fingerprint density at radius 1 is 1.30 bits per heavy atom. The van der Waals surface area contributed by atoms with Crippen LogP contribution in [0.4, 0.5) is 5.82 Å². The van der Waals surface area contributed by atoms with Crippen molar-refractivity contribution < 1.29 is 4.79 Å². The molecule has 1 amide bonds. The Morgan fingerprint density at radius 3 is 2.59 bits per heavy atom. The van der Waals surface area contributed by atoms with Crippen LogP contribution in [0, 0.1) is 5.41 Å². The highest BCUT2D eigenvalue weighted by atomic mass is 16.2. The molecule has 27 heavy (non-hydrogen) atoms. The minimum atomic E-state index is -0.0998. The zero-order chi connectivity index (χ0) is 19.7. The average Bonchev–Trinajstić information content (AvgIpc) is 3.20. The van der Waals surface area contributed by atoms with Crippen LogP contribution in [-0.4, -0.2) is 46.8 Å². The van der Waals surface area contributed by atoms with Gasteiger partial charge in [-0.05, 0) is 37.1 Å². The summed E-state index contributed by atoms with van der Waals surface area (Å²) in [5, 5.41) is 7.81. The van der Waals surface area contributed by atoms with Gasteiger partial charge in [0, 0.05) is 18.0 Å². The van der Waals surface area contributed by atoms with Crippen molar-refractivity contribution in [3.63, 3.8) is 0 Å². The summed E-state index contributed by atoms with van der Waals surface area (Å²) in [4.78, 5) is 14.9. The summed E-state index contributed by atoms with van der Waals surface area (Å²) < 4.78 is 1.81. The van der Waals surface area contributed by atoms with Gasteiger partial charge in [0.25, 0.3) is 0 Å². The number of nitrogens with zero attached hydrogens (tertiary/aromatic N) is 3. The van der Waals surface area contributed by atoms with Gasteiger partial charge in [0.2, 0.25) is 5.91 Å². The SMILES string of the molecule is CC1(CN)CCN(CC(=O)Nc2cc(C(C)(C)C)nn2-c2ccccc2)C1. The fraction of sp³-hybridized carbons (Fsp3) is 0.524. The van der Waals surface area contributed by atoms with E-state index < -0.39 is 0 Å². The second-order valence-electron chi connectivity index (χ2n) is 8.94. The summed E-state index contributed by atoms with van der Waals surface area (Å²) in [5.41, 5.74) is 7.76. The van der Waals surface area contributed by atoms with Crippen molar-refractivity contribution in [3.05, 3.63) is 42.1 Å². The molecular weight excluding hydrogens is 338 g/mol. The van der Waals surface area contributed by atoms with Crippen LogP contribution in [0.15, 0.2) is 36.4 Å². The van der Waals surface area contributed by atoms with Gasteiger partial charge >= 0.3 is 0 Å². The molecule has 3 N–H and O–H groups in total. The predicted octanol–water partition coefficient (Wildman–Crippen LogP) is 2.78. The van der Waals surface area contributed by atoms with E-state index in [0.29, 0.717) is 18.9 Å². The highest BCUT2D eigenvalue weighted by Crippen LogP contribution is 2.29. The van der Waals surface area contributed by atoms with E-state index >= 15 is 0 Å². The minimum Gasteiger partial charge on any atom is -0.330 e. The highest BCUT2D eigenvalue weighted by molar-refractivity contribution is 5.91. The van der Waals surface area contributed by atoms with E-state index in [1.807, 2.05) is 41.1 Å². The molecule has 0 aliphatic carbocycles. The van der Waals surface area contributed by atoms with E-state index in [9.17, 15) is 4.79 Å². The van der Waals surface area contributed by atoms with Crippen LogP contribution < -0.4 is 11.1 Å². The molecule has 2 heterocycles. The van der Waals surface area contributed by atoms with Crippen LogP contribution in [0.3, 0.4) is 0 Å². The first-order chi connectivity index (χ1) is 12.7. The van der Waals surface area contributed by atoms with E-state index in [0.717, 1.165) is 30.9 Å². The summed E-state index contributed by atoms with van der Waals surface area (Å²) in [6.07, 6.45) is 1.03. The van der Waals surface area contributed by atoms with E-state index in [2.05, 4.69) is 37.9 Å². The Hall–Kier alpha value is -2.18. The van der Waals surface area contributed by atoms with Crippen molar-refractivity contribution in [1.82, 2.24) is 14.7 Å². The molecule has 1 atom stereocenters. The predicted molar refractivity (Wildman–Crippen MR) is 109 cm³/mol. The van der Waals surface area contributed by atoms with Crippen molar-refractivity contribution >= 4 is 11.7 Å². The number of hydrogen-bond acceptors (Lipinski definition) is 4. The number of nitrogens with two attached hydrogens (primary N) is 1. The third-order valence-electron chi connectivity index (χ3n) is 5.24. The molecule has 0 bridgehead atoms. The molecule has 2 aromatic rings. The van der Waals surface area contributed by atoms with Crippen LogP contribution in [0.2, 0.25) is 0 Å².